The summed E-state index contributed by atoms with van der Waals surface area (Å²) < 4.78 is 1.11. The largest absolute Gasteiger partial charge is 0.378 e. The van der Waals surface area contributed by atoms with E-state index in [1.54, 1.807) is 0 Å². The van der Waals surface area contributed by atoms with Crippen LogP contribution >= 0.6 is 15.9 Å². The van der Waals surface area contributed by atoms with Crippen LogP contribution in [0.2, 0.25) is 0 Å². The van der Waals surface area contributed by atoms with Crippen LogP contribution in [-0.2, 0) is 0 Å². The Morgan fingerprint density at radius 1 is 1.19 bits per heavy atom. The zero-order valence-electron chi connectivity index (χ0n) is 13.6. The molecule has 0 radical (unpaired) electrons. The van der Waals surface area contributed by atoms with E-state index in [2.05, 4.69) is 66.3 Å². The lowest BCUT2D eigenvalue weighted by Gasteiger charge is -2.35. The maximum absolute atomic E-state index is 6.17. The second-order valence-corrected chi connectivity index (χ2v) is 8.53. The summed E-state index contributed by atoms with van der Waals surface area (Å²) in [5, 5.41) is 3.74. The summed E-state index contributed by atoms with van der Waals surface area (Å²) in [7, 11) is 0. The van der Waals surface area contributed by atoms with Crippen LogP contribution in [0.3, 0.4) is 0 Å². The van der Waals surface area contributed by atoms with Gasteiger partial charge in [-0.25, -0.2) is 0 Å². The Bertz CT molecular complexity index is 449. The number of nitrogens with one attached hydrogen (secondary N) is 1. The molecule has 0 heterocycles. The Balaban J connectivity index is 2.09. The topological polar surface area (TPSA) is 38.0 Å². The standard InChI is InChI=1S/C18H29BrN2/c1-17(2,3)14-5-4-11-18(13-20,12-10-14)21-16-8-6-15(19)7-9-16/h6-9,14,21H,4-5,10-13,20H2,1-3H3. The molecule has 3 N–H and O–H groups in total. The molecule has 0 aromatic heterocycles. The van der Waals surface area contributed by atoms with Crippen LogP contribution in [-0.4, -0.2) is 12.1 Å². The van der Waals surface area contributed by atoms with Crippen LogP contribution < -0.4 is 11.1 Å². The van der Waals surface area contributed by atoms with Crippen molar-refractivity contribution in [2.75, 3.05) is 11.9 Å². The summed E-state index contributed by atoms with van der Waals surface area (Å²) in [6, 6.07) is 8.43. The number of hydrogen-bond donors (Lipinski definition) is 2. The Morgan fingerprint density at radius 2 is 1.86 bits per heavy atom. The highest BCUT2D eigenvalue weighted by molar-refractivity contribution is 9.10. The molecule has 1 aliphatic carbocycles. The SMILES string of the molecule is CC(C)(C)C1CCCC(CN)(Nc2ccc(Br)cc2)CC1. The quantitative estimate of drug-likeness (QED) is 0.735. The average molecular weight is 353 g/mol. The third-order valence-electron chi connectivity index (χ3n) is 5.05. The van der Waals surface area contributed by atoms with Crippen molar-refractivity contribution >= 4 is 21.6 Å². The summed E-state index contributed by atoms with van der Waals surface area (Å²) in [5.41, 5.74) is 7.82. The molecule has 2 atom stereocenters. The first-order valence-corrected chi connectivity index (χ1v) is 8.88. The van der Waals surface area contributed by atoms with Crippen molar-refractivity contribution in [1.29, 1.82) is 0 Å². The highest BCUT2D eigenvalue weighted by Gasteiger charge is 2.35. The minimum Gasteiger partial charge on any atom is -0.378 e. The molecule has 1 aliphatic rings. The first-order chi connectivity index (χ1) is 9.85. The van der Waals surface area contributed by atoms with E-state index in [1.807, 2.05) is 0 Å². The van der Waals surface area contributed by atoms with E-state index in [0.717, 1.165) is 10.4 Å². The van der Waals surface area contributed by atoms with Gasteiger partial charge in [-0.05, 0) is 61.3 Å². The molecule has 2 rings (SSSR count). The van der Waals surface area contributed by atoms with Gasteiger partial charge in [0.25, 0.3) is 0 Å². The molecule has 0 spiro atoms. The molecule has 0 amide bonds. The minimum atomic E-state index is 0.0633. The minimum absolute atomic E-state index is 0.0633. The third-order valence-corrected chi connectivity index (χ3v) is 5.58. The van der Waals surface area contributed by atoms with E-state index >= 15 is 0 Å². The second kappa shape index (κ2) is 6.70. The molecule has 1 fully saturated rings. The van der Waals surface area contributed by atoms with Crippen LogP contribution in [0.4, 0.5) is 5.69 Å². The van der Waals surface area contributed by atoms with E-state index in [4.69, 9.17) is 5.73 Å². The van der Waals surface area contributed by atoms with Crippen molar-refractivity contribution in [1.82, 2.24) is 0 Å². The molecule has 3 heteroatoms. The van der Waals surface area contributed by atoms with Gasteiger partial charge in [0.1, 0.15) is 0 Å². The molecule has 21 heavy (non-hydrogen) atoms. The van der Waals surface area contributed by atoms with Crippen molar-refractivity contribution in [2.24, 2.45) is 17.1 Å². The molecular formula is C18H29BrN2. The monoisotopic (exact) mass is 352 g/mol. The summed E-state index contributed by atoms with van der Waals surface area (Å²) in [5.74, 6) is 0.803. The smallest absolute Gasteiger partial charge is 0.0495 e. The van der Waals surface area contributed by atoms with Crippen molar-refractivity contribution in [3.05, 3.63) is 28.7 Å². The van der Waals surface area contributed by atoms with Crippen LogP contribution in [0.1, 0.15) is 52.9 Å². The van der Waals surface area contributed by atoms with Gasteiger partial charge in [-0.1, -0.05) is 43.1 Å². The van der Waals surface area contributed by atoms with Gasteiger partial charge >= 0.3 is 0 Å². The zero-order chi connectivity index (χ0) is 15.5. The van der Waals surface area contributed by atoms with Gasteiger partial charge in [0.2, 0.25) is 0 Å². The maximum Gasteiger partial charge on any atom is 0.0495 e. The Labute approximate surface area is 138 Å². The van der Waals surface area contributed by atoms with Crippen LogP contribution in [0.15, 0.2) is 28.7 Å². The number of anilines is 1. The third kappa shape index (κ3) is 4.46. The predicted molar refractivity (Wildman–Crippen MR) is 95.6 cm³/mol. The fourth-order valence-corrected chi connectivity index (χ4v) is 3.76. The zero-order valence-corrected chi connectivity index (χ0v) is 15.2. The number of hydrogen-bond acceptors (Lipinski definition) is 2. The van der Waals surface area contributed by atoms with Gasteiger partial charge in [0.15, 0.2) is 0 Å². The molecular weight excluding hydrogens is 324 g/mol. The summed E-state index contributed by atoms with van der Waals surface area (Å²) in [4.78, 5) is 0. The van der Waals surface area contributed by atoms with Gasteiger partial charge in [-0.15, -0.1) is 0 Å². The molecule has 118 valence electrons. The van der Waals surface area contributed by atoms with Crippen molar-refractivity contribution in [2.45, 2.75) is 58.4 Å². The molecule has 1 aromatic rings. The van der Waals surface area contributed by atoms with Gasteiger partial charge in [0, 0.05) is 22.2 Å². The van der Waals surface area contributed by atoms with E-state index in [0.29, 0.717) is 12.0 Å². The number of halogens is 1. The van der Waals surface area contributed by atoms with Crippen LogP contribution in [0, 0.1) is 11.3 Å². The average Bonchev–Trinajstić information content (AvgIpc) is 2.64. The van der Waals surface area contributed by atoms with E-state index in [9.17, 15) is 0 Å². The Hall–Kier alpha value is -0.540. The van der Waals surface area contributed by atoms with Crippen molar-refractivity contribution in [3.8, 4) is 0 Å². The van der Waals surface area contributed by atoms with E-state index in [-0.39, 0.29) is 5.54 Å². The molecule has 2 nitrogen and oxygen atoms in total. The van der Waals surface area contributed by atoms with Crippen LogP contribution in [0.25, 0.3) is 0 Å². The van der Waals surface area contributed by atoms with Gasteiger partial charge in [-0.2, -0.15) is 0 Å². The highest BCUT2D eigenvalue weighted by atomic mass is 79.9. The molecule has 0 bridgehead atoms. The van der Waals surface area contributed by atoms with Gasteiger partial charge in [-0.3, -0.25) is 0 Å². The fraction of sp³-hybridized carbons (Fsp3) is 0.667. The van der Waals surface area contributed by atoms with Gasteiger partial charge < -0.3 is 11.1 Å². The molecule has 0 aliphatic heterocycles. The second-order valence-electron chi connectivity index (χ2n) is 7.61. The first kappa shape index (κ1) is 16.8. The molecule has 2 unspecified atom stereocenters. The molecule has 0 saturated heterocycles. The highest BCUT2D eigenvalue weighted by Crippen LogP contribution is 2.40. The Morgan fingerprint density at radius 3 is 2.43 bits per heavy atom. The molecule has 1 aromatic carbocycles. The van der Waals surface area contributed by atoms with Crippen LogP contribution in [0.5, 0.6) is 0 Å². The van der Waals surface area contributed by atoms with Crippen molar-refractivity contribution < 1.29 is 0 Å². The summed E-state index contributed by atoms with van der Waals surface area (Å²) >= 11 is 3.49. The Kier molecular flexibility index (Phi) is 5.37. The lowest BCUT2D eigenvalue weighted by Crippen LogP contribution is -2.45. The first-order valence-electron chi connectivity index (χ1n) is 8.08. The lowest BCUT2D eigenvalue weighted by atomic mass is 9.76. The van der Waals surface area contributed by atoms with E-state index in [1.165, 1.54) is 37.8 Å². The number of benzene rings is 1. The lowest BCUT2D eigenvalue weighted by molar-refractivity contribution is 0.212. The maximum atomic E-state index is 6.17. The number of rotatable bonds is 3. The van der Waals surface area contributed by atoms with Crippen molar-refractivity contribution in [3.63, 3.8) is 0 Å². The number of nitrogens with two attached hydrogens (primary N) is 1. The normalized spacial score (nSPS) is 27.2. The van der Waals surface area contributed by atoms with Gasteiger partial charge in [0.05, 0.1) is 0 Å². The molecule has 1 saturated carbocycles. The predicted octanol–water partition coefficient (Wildman–Crippen LogP) is 5.18. The fourth-order valence-electron chi connectivity index (χ4n) is 3.49. The summed E-state index contributed by atoms with van der Waals surface area (Å²) in [6.45, 7) is 7.82. The van der Waals surface area contributed by atoms with E-state index < -0.39 is 0 Å². The summed E-state index contributed by atoms with van der Waals surface area (Å²) in [6.07, 6.45) is 6.20.